The van der Waals surface area contributed by atoms with Crippen molar-refractivity contribution in [1.29, 1.82) is 0 Å². The van der Waals surface area contributed by atoms with E-state index in [1.165, 1.54) is 0 Å². The fourth-order valence-corrected chi connectivity index (χ4v) is 2.28. The lowest BCUT2D eigenvalue weighted by atomic mass is 10.2. The van der Waals surface area contributed by atoms with Gasteiger partial charge in [0.1, 0.15) is 11.3 Å². The molecule has 0 amide bonds. The number of H-pyrrole nitrogens is 2. The first-order valence-electron chi connectivity index (χ1n) is 5.25. The molecule has 0 spiro atoms. The van der Waals surface area contributed by atoms with Crippen LogP contribution < -0.4 is 4.98 Å². The molecule has 2 aromatic heterocycles. The van der Waals surface area contributed by atoms with Gasteiger partial charge in [0.15, 0.2) is 5.52 Å². The number of benzene rings is 1. The number of carboxylic acid groups (broad SMARTS) is 1. The van der Waals surface area contributed by atoms with Crippen LogP contribution in [-0.4, -0.2) is 32.0 Å². The van der Waals surface area contributed by atoms with Gasteiger partial charge < -0.3 is 5.11 Å². The van der Waals surface area contributed by atoms with Crippen LogP contribution in [-0.2, 0) is 4.79 Å². The summed E-state index contributed by atoms with van der Waals surface area (Å²) in [6, 6.07) is 7.78. The molecule has 0 fully saturated rings. The Kier molecular flexibility index (Phi) is 2.60. The smallest absolute Gasteiger partial charge is 0.322 e. The number of nitrogens with zero attached hydrogens (tertiary/aromatic N) is 2. The Bertz CT molecular complexity index is 740. The van der Waals surface area contributed by atoms with E-state index >= 15 is 0 Å². The number of aliphatic carboxylic acids is 1. The zero-order chi connectivity index (χ0) is 12.5. The van der Waals surface area contributed by atoms with E-state index in [0.29, 0.717) is 5.16 Å². The van der Waals surface area contributed by atoms with Gasteiger partial charge in [0, 0.05) is 10.5 Å². The van der Waals surface area contributed by atoms with Crippen LogP contribution >= 0.6 is 11.8 Å². The SMILES string of the molecule is O=C(O)CSc1nnc2c([nH]c3ccccc32)[nH+]1. The molecule has 7 heteroatoms. The summed E-state index contributed by atoms with van der Waals surface area (Å²) in [7, 11) is 0. The van der Waals surface area contributed by atoms with E-state index in [1.807, 2.05) is 24.3 Å². The summed E-state index contributed by atoms with van der Waals surface area (Å²) in [5.74, 6) is -0.927. The van der Waals surface area contributed by atoms with E-state index in [9.17, 15) is 4.79 Å². The molecule has 2 heterocycles. The molecule has 3 aromatic rings. The number of carboxylic acids is 1. The van der Waals surface area contributed by atoms with Crippen molar-refractivity contribution in [3.05, 3.63) is 24.3 Å². The summed E-state index contributed by atoms with van der Waals surface area (Å²) in [5, 5.41) is 18.2. The number of nitrogens with one attached hydrogen (secondary N) is 2. The molecule has 0 atom stereocenters. The average molecular weight is 261 g/mol. The van der Waals surface area contributed by atoms with Crippen LogP contribution in [0.15, 0.2) is 29.4 Å². The molecule has 1 aromatic carbocycles. The molecular weight excluding hydrogens is 252 g/mol. The van der Waals surface area contributed by atoms with E-state index < -0.39 is 5.97 Å². The third-order valence-electron chi connectivity index (χ3n) is 2.48. The molecule has 0 saturated carbocycles. The Morgan fingerprint density at radius 2 is 2.22 bits per heavy atom. The first kappa shape index (κ1) is 11.0. The van der Waals surface area contributed by atoms with Crippen molar-refractivity contribution in [2.24, 2.45) is 0 Å². The molecule has 3 N–H and O–H groups in total. The lowest BCUT2D eigenvalue weighted by molar-refractivity contribution is -0.406. The summed E-state index contributed by atoms with van der Waals surface area (Å²) < 4.78 is 0. The Labute approximate surface area is 105 Å². The second kappa shape index (κ2) is 4.26. The van der Waals surface area contributed by atoms with Gasteiger partial charge in [0.25, 0.3) is 5.65 Å². The van der Waals surface area contributed by atoms with Gasteiger partial charge in [-0.3, -0.25) is 9.78 Å². The van der Waals surface area contributed by atoms with Crippen molar-refractivity contribution in [3.8, 4) is 0 Å². The molecule has 0 bridgehead atoms. The first-order valence-corrected chi connectivity index (χ1v) is 6.23. The predicted octanol–water partition coefficient (Wildman–Crippen LogP) is 1.10. The van der Waals surface area contributed by atoms with E-state index in [1.54, 1.807) is 0 Å². The summed E-state index contributed by atoms with van der Waals surface area (Å²) in [5.41, 5.74) is 2.47. The summed E-state index contributed by atoms with van der Waals surface area (Å²) in [6.45, 7) is 0. The fraction of sp³-hybridized carbons (Fsp3) is 0.0909. The van der Waals surface area contributed by atoms with Gasteiger partial charge >= 0.3 is 11.1 Å². The summed E-state index contributed by atoms with van der Waals surface area (Å²) in [6.07, 6.45) is 0. The second-order valence-electron chi connectivity index (χ2n) is 3.71. The molecule has 6 nitrogen and oxygen atoms in total. The van der Waals surface area contributed by atoms with Gasteiger partial charge in [0.05, 0.1) is 0 Å². The topological polar surface area (TPSA) is 93.0 Å². The van der Waals surface area contributed by atoms with E-state index in [2.05, 4.69) is 20.2 Å². The number of aromatic nitrogens is 4. The number of rotatable bonds is 3. The molecule has 0 aliphatic carbocycles. The van der Waals surface area contributed by atoms with Gasteiger partial charge in [-0.25, -0.2) is 4.98 Å². The van der Waals surface area contributed by atoms with Crippen LogP contribution in [0.4, 0.5) is 0 Å². The minimum atomic E-state index is -0.882. The van der Waals surface area contributed by atoms with Crippen LogP contribution in [0.2, 0.25) is 0 Å². The Balaban J connectivity index is 2.07. The van der Waals surface area contributed by atoms with E-state index in [4.69, 9.17) is 5.11 Å². The molecule has 0 saturated heterocycles. The number of thioether (sulfide) groups is 1. The highest BCUT2D eigenvalue weighted by molar-refractivity contribution is 7.99. The summed E-state index contributed by atoms with van der Waals surface area (Å²) >= 11 is 1.10. The van der Waals surface area contributed by atoms with Crippen LogP contribution in [0, 0.1) is 0 Å². The van der Waals surface area contributed by atoms with E-state index in [-0.39, 0.29) is 5.75 Å². The highest BCUT2D eigenvalue weighted by Crippen LogP contribution is 2.20. The molecule has 0 aliphatic rings. The van der Waals surface area contributed by atoms with Gasteiger partial charge in [-0.15, -0.1) is 0 Å². The van der Waals surface area contributed by atoms with Gasteiger partial charge in [-0.2, -0.15) is 0 Å². The van der Waals surface area contributed by atoms with Crippen molar-refractivity contribution in [2.45, 2.75) is 5.16 Å². The number of aromatic amines is 2. The minimum Gasteiger partial charge on any atom is -0.481 e. The zero-order valence-corrected chi connectivity index (χ0v) is 9.99. The third-order valence-corrected chi connectivity index (χ3v) is 3.33. The molecule has 0 unspecified atom stereocenters. The Morgan fingerprint density at radius 1 is 1.39 bits per heavy atom. The third kappa shape index (κ3) is 1.88. The van der Waals surface area contributed by atoms with Gasteiger partial charge in [-0.05, 0) is 23.9 Å². The number of carbonyl (C=O) groups is 1. The van der Waals surface area contributed by atoms with Crippen molar-refractivity contribution >= 4 is 39.8 Å². The number of fused-ring (bicyclic) bond motifs is 3. The quantitative estimate of drug-likeness (QED) is 0.689. The zero-order valence-electron chi connectivity index (χ0n) is 9.17. The first-order chi connectivity index (χ1) is 8.74. The highest BCUT2D eigenvalue weighted by atomic mass is 32.2. The number of hydrogen-bond acceptors (Lipinski definition) is 4. The molecule has 18 heavy (non-hydrogen) atoms. The Hall–Kier alpha value is -2.15. The maximum Gasteiger partial charge on any atom is 0.322 e. The van der Waals surface area contributed by atoms with Gasteiger partial charge in [0.2, 0.25) is 0 Å². The fourth-order valence-electron chi connectivity index (χ4n) is 1.74. The van der Waals surface area contributed by atoms with Crippen molar-refractivity contribution < 1.29 is 14.9 Å². The lowest BCUT2D eigenvalue weighted by Crippen LogP contribution is -2.13. The Morgan fingerprint density at radius 3 is 3.06 bits per heavy atom. The summed E-state index contributed by atoms with van der Waals surface area (Å²) in [4.78, 5) is 16.7. The second-order valence-corrected chi connectivity index (χ2v) is 4.67. The molecule has 90 valence electrons. The van der Waals surface area contributed by atoms with Crippen LogP contribution in [0.1, 0.15) is 0 Å². The molecule has 0 radical (unpaired) electrons. The maximum absolute atomic E-state index is 10.5. The molecular formula is C11H9N4O2S+. The van der Waals surface area contributed by atoms with Crippen LogP contribution in [0.5, 0.6) is 0 Å². The van der Waals surface area contributed by atoms with Gasteiger partial charge in [-0.1, -0.05) is 17.2 Å². The largest absolute Gasteiger partial charge is 0.481 e. The van der Waals surface area contributed by atoms with Crippen LogP contribution in [0.25, 0.3) is 22.1 Å². The molecule has 0 aliphatic heterocycles. The highest BCUT2D eigenvalue weighted by Gasteiger charge is 2.14. The minimum absolute atomic E-state index is 0.0447. The predicted molar refractivity (Wildman–Crippen MR) is 66.3 cm³/mol. The normalized spacial score (nSPS) is 11.1. The van der Waals surface area contributed by atoms with Crippen molar-refractivity contribution in [2.75, 3.05) is 5.75 Å². The maximum atomic E-state index is 10.5. The van der Waals surface area contributed by atoms with E-state index in [0.717, 1.165) is 33.8 Å². The lowest BCUT2D eigenvalue weighted by Gasteiger charge is -1.90. The number of para-hydroxylation sites is 1. The molecule has 3 rings (SSSR count). The average Bonchev–Trinajstić information content (AvgIpc) is 2.73. The van der Waals surface area contributed by atoms with Crippen molar-refractivity contribution in [1.82, 2.24) is 15.2 Å². The number of hydrogen-bond donors (Lipinski definition) is 2. The standard InChI is InChI=1S/C11H8N4O2S/c16-8(17)5-18-11-13-10-9(14-15-11)6-3-1-2-4-7(6)12-10/h1-4H,5H2,(H,16,17)(H,12,13,15)/p+1. The monoisotopic (exact) mass is 261 g/mol. The van der Waals surface area contributed by atoms with Crippen molar-refractivity contribution in [3.63, 3.8) is 0 Å². The van der Waals surface area contributed by atoms with Crippen LogP contribution in [0.3, 0.4) is 0 Å².